The number of aromatic nitrogens is 2. The monoisotopic (exact) mass is 389 g/mol. The third-order valence-corrected chi connectivity index (χ3v) is 3.90. The molecule has 0 atom stereocenters. The first-order chi connectivity index (χ1) is 13.1. The van der Waals surface area contributed by atoms with Crippen molar-refractivity contribution in [3.63, 3.8) is 0 Å². The molecule has 0 amide bonds. The number of nitrogen functional groups attached to an aromatic ring is 1. The third kappa shape index (κ3) is 6.10. The Kier molecular flexibility index (Phi) is 10.2. The molecule has 3 rings (SSSR count). The summed E-state index contributed by atoms with van der Waals surface area (Å²) < 4.78 is 6.00. The third-order valence-electron chi connectivity index (χ3n) is 3.64. The van der Waals surface area contributed by atoms with Gasteiger partial charge >= 0.3 is 0 Å². The Bertz CT molecular complexity index is 799. The average molecular weight is 390 g/mol. The maximum absolute atomic E-state index is 7.65. The normalized spacial score (nSPS) is 9.70. The second-order valence-electron chi connectivity index (χ2n) is 5.27. The van der Waals surface area contributed by atoms with E-state index in [1.807, 2.05) is 54.9 Å². The Morgan fingerprint density at radius 1 is 1.11 bits per heavy atom. The molecular formula is C21H28ClN3O2. The summed E-state index contributed by atoms with van der Waals surface area (Å²) in [5, 5.41) is 12.8. The van der Waals surface area contributed by atoms with E-state index in [-0.39, 0.29) is 6.79 Å². The van der Waals surface area contributed by atoms with Gasteiger partial charge in [-0.3, -0.25) is 0 Å². The van der Waals surface area contributed by atoms with Crippen LogP contribution in [-0.2, 0) is 11.2 Å². The highest BCUT2D eigenvalue weighted by atomic mass is 35.5. The van der Waals surface area contributed by atoms with Gasteiger partial charge in [-0.05, 0) is 30.2 Å². The van der Waals surface area contributed by atoms with E-state index >= 15 is 0 Å². The lowest BCUT2D eigenvalue weighted by Crippen LogP contribution is -2.03. The van der Waals surface area contributed by atoms with Gasteiger partial charge in [0, 0.05) is 17.7 Å². The number of aliphatic hydroxyl groups is 1. The smallest absolute Gasteiger partial charge is 0.143 e. The first kappa shape index (κ1) is 22.7. The van der Waals surface area contributed by atoms with Gasteiger partial charge in [0.25, 0.3) is 0 Å². The number of anilines is 1. The molecule has 6 heteroatoms. The predicted octanol–water partition coefficient (Wildman–Crippen LogP) is 4.95. The second kappa shape index (κ2) is 12.1. The molecule has 0 bridgehead atoms. The number of aryl methyl sites for hydroxylation is 1. The van der Waals surface area contributed by atoms with E-state index in [2.05, 4.69) is 28.9 Å². The molecular weight excluding hydrogens is 362 g/mol. The van der Waals surface area contributed by atoms with E-state index in [1.54, 1.807) is 6.20 Å². The van der Waals surface area contributed by atoms with Crippen molar-refractivity contribution in [3.8, 4) is 16.9 Å². The van der Waals surface area contributed by atoms with Crippen LogP contribution in [0.25, 0.3) is 16.9 Å². The SMILES string of the molecule is CC.CCc1ccccc1-n1ncc(N)c1-c1ccc(Cl)cc1.COCO. The molecule has 0 saturated carbocycles. The number of rotatable bonds is 4. The molecule has 1 heterocycles. The zero-order chi connectivity index (χ0) is 20.2. The zero-order valence-electron chi connectivity index (χ0n) is 16.3. The van der Waals surface area contributed by atoms with Gasteiger partial charge in [-0.15, -0.1) is 0 Å². The maximum Gasteiger partial charge on any atom is 0.143 e. The van der Waals surface area contributed by atoms with Crippen molar-refractivity contribution in [2.75, 3.05) is 19.6 Å². The first-order valence-electron chi connectivity index (χ1n) is 8.89. The van der Waals surface area contributed by atoms with Gasteiger partial charge in [0.15, 0.2) is 0 Å². The molecule has 0 aliphatic carbocycles. The highest BCUT2D eigenvalue weighted by molar-refractivity contribution is 6.30. The van der Waals surface area contributed by atoms with Crippen molar-refractivity contribution in [2.24, 2.45) is 0 Å². The molecule has 0 radical (unpaired) electrons. The molecule has 0 fully saturated rings. The van der Waals surface area contributed by atoms with Crippen molar-refractivity contribution in [2.45, 2.75) is 27.2 Å². The van der Waals surface area contributed by atoms with Gasteiger partial charge < -0.3 is 15.6 Å². The van der Waals surface area contributed by atoms with Crippen molar-refractivity contribution < 1.29 is 9.84 Å². The molecule has 5 nitrogen and oxygen atoms in total. The number of nitrogens with zero attached hydrogens (tertiary/aromatic N) is 2. The fraction of sp³-hybridized carbons (Fsp3) is 0.286. The molecule has 0 aliphatic heterocycles. The van der Waals surface area contributed by atoms with Crippen LogP contribution in [0.3, 0.4) is 0 Å². The van der Waals surface area contributed by atoms with Gasteiger partial charge in [0.1, 0.15) is 6.79 Å². The van der Waals surface area contributed by atoms with E-state index in [4.69, 9.17) is 22.4 Å². The highest BCUT2D eigenvalue weighted by Crippen LogP contribution is 2.30. The van der Waals surface area contributed by atoms with E-state index in [0.29, 0.717) is 10.7 Å². The quantitative estimate of drug-likeness (QED) is 0.619. The molecule has 3 aromatic rings. The number of ether oxygens (including phenoxy) is 1. The summed E-state index contributed by atoms with van der Waals surface area (Å²) in [5.41, 5.74) is 11.0. The summed E-state index contributed by atoms with van der Waals surface area (Å²) in [6.07, 6.45) is 2.63. The van der Waals surface area contributed by atoms with Crippen LogP contribution in [-0.4, -0.2) is 28.8 Å². The molecule has 0 saturated heterocycles. The van der Waals surface area contributed by atoms with Crippen LogP contribution in [0, 0.1) is 0 Å². The van der Waals surface area contributed by atoms with Gasteiger partial charge in [-0.25, -0.2) is 4.68 Å². The van der Waals surface area contributed by atoms with Gasteiger partial charge in [-0.2, -0.15) is 5.10 Å². The summed E-state index contributed by atoms with van der Waals surface area (Å²) >= 11 is 5.96. The highest BCUT2D eigenvalue weighted by Gasteiger charge is 2.14. The number of halogens is 1. The lowest BCUT2D eigenvalue weighted by molar-refractivity contribution is 0.0325. The molecule has 0 spiro atoms. The largest absolute Gasteiger partial charge is 0.396 e. The average Bonchev–Trinajstić information content (AvgIpc) is 3.11. The van der Waals surface area contributed by atoms with E-state index < -0.39 is 0 Å². The van der Waals surface area contributed by atoms with E-state index in [0.717, 1.165) is 23.4 Å². The number of hydrogen-bond donors (Lipinski definition) is 2. The molecule has 0 aliphatic rings. The molecule has 0 unspecified atom stereocenters. The fourth-order valence-corrected chi connectivity index (χ4v) is 2.58. The van der Waals surface area contributed by atoms with E-state index in [9.17, 15) is 0 Å². The molecule has 3 N–H and O–H groups in total. The van der Waals surface area contributed by atoms with Crippen LogP contribution in [0.1, 0.15) is 26.3 Å². The summed E-state index contributed by atoms with van der Waals surface area (Å²) in [6.45, 7) is 5.95. The number of benzene rings is 2. The molecule has 1 aromatic heterocycles. The molecule has 146 valence electrons. The fourth-order valence-electron chi connectivity index (χ4n) is 2.46. The van der Waals surface area contributed by atoms with E-state index in [1.165, 1.54) is 12.7 Å². The Balaban J connectivity index is 0.000000541. The predicted molar refractivity (Wildman–Crippen MR) is 113 cm³/mol. The Hall–Kier alpha value is -2.34. The lowest BCUT2D eigenvalue weighted by Gasteiger charge is -2.12. The lowest BCUT2D eigenvalue weighted by atomic mass is 10.1. The van der Waals surface area contributed by atoms with Crippen LogP contribution >= 0.6 is 11.6 Å². The Labute approximate surface area is 166 Å². The molecule has 27 heavy (non-hydrogen) atoms. The summed E-state index contributed by atoms with van der Waals surface area (Å²) in [7, 11) is 1.43. The number of nitrogens with two attached hydrogens (primary N) is 1. The molecule has 2 aromatic carbocycles. The van der Waals surface area contributed by atoms with Crippen LogP contribution in [0.15, 0.2) is 54.7 Å². The minimum absolute atomic E-state index is 0.181. The summed E-state index contributed by atoms with van der Waals surface area (Å²) in [5.74, 6) is 0. The van der Waals surface area contributed by atoms with Gasteiger partial charge in [0.2, 0.25) is 0 Å². The zero-order valence-corrected chi connectivity index (χ0v) is 17.1. The first-order valence-corrected chi connectivity index (χ1v) is 9.27. The van der Waals surface area contributed by atoms with Crippen LogP contribution in [0.2, 0.25) is 5.02 Å². The number of para-hydroxylation sites is 1. The summed E-state index contributed by atoms with van der Waals surface area (Å²) in [4.78, 5) is 0. The number of aliphatic hydroxyl groups excluding tert-OH is 1. The Morgan fingerprint density at radius 2 is 1.70 bits per heavy atom. The maximum atomic E-state index is 7.65. The van der Waals surface area contributed by atoms with Crippen LogP contribution in [0.4, 0.5) is 5.69 Å². The minimum atomic E-state index is -0.181. The summed E-state index contributed by atoms with van der Waals surface area (Å²) in [6, 6.07) is 15.9. The Morgan fingerprint density at radius 3 is 2.26 bits per heavy atom. The van der Waals surface area contributed by atoms with Crippen LogP contribution < -0.4 is 5.73 Å². The van der Waals surface area contributed by atoms with Gasteiger partial charge in [-0.1, -0.05) is 62.7 Å². The number of hydrogen-bond acceptors (Lipinski definition) is 4. The van der Waals surface area contributed by atoms with Crippen LogP contribution in [0.5, 0.6) is 0 Å². The second-order valence-corrected chi connectivity index (χ2v) is 5.70. The van der Waals surface area contributed by atoms with Crippen molar-refractivity contribution >= 4 is 17.3 Å². The standard InChI is InChI=1S/C17H16ClN3.C2H6O2.C2H6/c1-2-12-5-3-4-6-16(12)21-17(15(19)11-20-21)13-7-9-14(18)10-8-13;1-4-2-3;1-2/h3-11H,2,19H2,1H3;3H,2H2,1H3;1-2H3. The number of methoxy groups -OCH3 is 1. The van der Waals surface area contributed by atoms with Crippen molar-refractivity contribution in [3.05, 3.63) is 65.3 Å². The minimum Gasteiger partial charge on any atom is -0.396 e. The topological polar surface area (TPSA) is 73.3 Å². The van der Waals surface area contributed by atoms with Crippen molar-refractivity contribution in [1.29, 1.82) is 0 Å². The van der Waals surface area contributed by atoms with Crippen molar-refractivity contribution in [1.82, 2.24) is 9.78 Å². The van der Waals surface area contributed by atoms with Gasteiger partial charge in [0.05, 0.1) is 23.3 Å².